The van der Waals surface area contributed by atoms with E-state index in [-0.39, 0.29) is 0 Å². The minimum atomic E-state index is 0.929. The lowest BCUT2D eigenvalue weighted by atomic mass is 9.90. The van der Waals surface area contributed by atoms with Crippen LogP contribution >= 0.6 is 0 Å². The highest BCUT2D eigenvalue weighted by Crippen LogP contribution is 2.44. The SMILES string of the molecule is Cc1ccc(/C(=C2/N=C(c3ccc(-c4ccccc4)cc3)C=C2c2ccc(-c3ccccc3)cc2)c2[nH]c(-c3ccc(C)cc3)cc2-c2ccc(-c3ccccc3)cc2)cc1.c1ccccc1. The van der Waals surface area contributed by atoms with Gasteiger partial charge in [0.05, 0.1) is 17.1 Å². The Bertz CT molecular complexity index is 3280. The molecule has 2 heterocycles. The molecule has 67 heavy (non-hydrogen) atoms. The van der Waals surface area contributed by atoms with Crippen LogP contribution in [0.4, 0.5) is 0 Å². The van der Waals surface area contributed by atoms with Gasteiger partial charge in [0.15, 0.2) is 0 Å². The summed E-state index contributed by atoms with van der Waals surface area (Å²) in [6.45, 7) is 4.28. The van der Waals surface area contributed by atoms with E-state index in [1.807, 2.05) is 36.4 Å². The second-order valence-corrected chi connectivity index (χ2v) is 17.0. The largest absolute Gasteiger partial charge is 0.354 e. The van der Waals surface area contributed by atoms with E-state index in [2.05, 4.69) is 243 Å². The third-order valence-electron chi connectivity index (χ3n) is 12.3. The summed E-state index contributed by atoms with van der Waals surface area (Å²) in [5.41, 5.74) is 22.3. The molecule has 0 spiro atoms. The van der Waals surface area contributed by atoms with Crippen molar-refractivity contribution in [1.82, 2.24) is 4.98 Å². The van der Waals surface area contributed by atoms with Crippen LogP contribution in [0.3, 0.4) is 0 Å². The van der Waals surface area contributed by atoms with Gasteiger partial charge in [0.1, 0.15) is 0 Å². The van der Waals surface area contributed by atoms with Gasteiger partial charge in [0.25, 0.3) is 0 Å². The smallest absolute Gasteiger partial charge is 0.0815 e. The number of hydrogen-bond acceptors (Lipinski definition) is 1. The highest BCUT2D eigenvalue weighted by atomic mass is 14.8. The van der Waals surface area contributed by atoms with Gasteiger partial charge >= 0.3 is 0 Å². The van der Waals surface area contributed by atoms with Crippen LogP contribution in [0, 0.1) is 13.8 Å². The van der Waals surface area contributed by atoms with Gasteiger partial charge < -0.3 is 4.98 Å². The molecule has 10 aromatic rings. The zero-order chi connectivity index (χ0) is 45.4. The molecule has 0 saturated carbocycles. The molecule has 1 aliphatic rings. The van der Waals surface area contributed by atoms with Gasteiger partial charge in [-0.2, -0.15) is 0 Å². The maximum absolute atomic E-state index is 5.64. The first kappa shape index (κ1) is 42.4. The van der Waals surface area contributed by atoms with Gasteiger partial charge in [-0.15, -0.1) is 0 Å². The van der Waals surface area contributed by atoms with Crippen molar-refractivity contribution >= 4 is 16.9 Å². The van der Waals surface area contributed by atoms with Crippen molar-refractivity contribution in [3.8, 4) is 55.8 Å². The molecule has 0 aliphatic carbocycles. The van der Waals surface area contributed by atoms with Gasteiger partial charge in [-0.3, -0.25) is 0 Å². The third kappa shape index (κ3) is 9.61. The van der Waals surface area contributed by atoms with Crippen LogP contribution in [0.2, 0.25) is 0 Å². The summed E-state index contributed by atoms with van der Waals surface area (Å²) in [5.74, 6) is 0. The molecule has 0 unspecified atom stereocenters. The molecule has 0 atom stereocenters. The first-order valence-electron chi connectivity index (χ1n) is 22.9. The second kappa shape index (κ2) is 19.7. The number of aryl methyl sites for hydroxylation is 2. The van der Waals surface area contributed by atoms with E-state index in [9.17, 15) is 0 Å². The Kier molecular flexibility index (Phi) is 12.4. The number of rotatable bonds is 9. The molecular weight excluding hydrogens is 809 g/mol. The molecule has 2 nitrogen and oxygen atoms in total. The number of nitrogens with one attached hydrogen (secondary N) is 1. The van der Waals surface area contributed by atoms with E-state index in [1.165, 1.54) is 44.5 Å². The lowest BCUT2D eigenvalue weighted by Gasteiger charge is -2.16. The highest BCUT2D eigenvalue weighted by molar-refractivity contribution is 6.20. The van der Waals surface area contributed by atoms with E-state index in [0.717, 1.165) is 67.3 Å². The molecule has 1 aromatic heterocycles. The molecule has 1 N–H and O–H groups in total. The molecule has 0 radical (unpaired) electrons. The maximum Gasteiger partial charge on any atom is 0.0815 e. The summed E-state index contributed by atoms with van der Waals surface area (Å²) in [5, 5.41) is 0. The molecule has 1 aliphatic heterocycles. The fraction of sp³-hybridized carbons (Fsp3) is 0.0308. The number of H-pyrrole nitrogens is 1. The van der Waals surface area contributed by atoms with Crippen molar-refractivity contribution in [2.24, 2.45) is 4.99 Å². The summed E-state index contributed by atoms with van der Waals surface area (Å²) in [6.07, 6.45) is 2.27. The topological polar surface area (TPSA) is 28.1 Å². The van der Waals surface area contributed by atoms with Gasteiger partial charge in [-0.25, -0.2) is 4.99 Å². The van der Waals surface area contributed by atoms with Crippen molar-refractivity contribution < 1.29 is 0 Å². The lowest BCUT2D eigenvalue weighted by Crippen LogP contribution is -1.98. The standard InChI is InChI=1S/C59H44N2.C6H6/c1-40-18-22-50(23-19-40)55-38-53(48-32-26-45(27-33-48)42-12-6-3-7-13-42)58(60-55)57(52-24-20-41(2)21-25-52)59-54(49-34-28-46(29-35-49)43-14-8-4-9-15-43)39-56(61-59)51-36-30-47(31-37-51)44-16-10-5-11-17-44;1-2-4-6-5-3-1/h3-39,60H,1-2H3;1-6H/b59-57-;. The van der Waals surface area contributed by atoms with E-state index in [1.54, 1.807) is 0 Å². The summed E-state index contributed by atoms with van der Waals surface area (Å²) in [7, 11) is 0. The van der Waals surface area contributed by atoms with Crippen molar-refractivity contribution in [2.75, 3.05) is 0 Å². The van der Waals surface area contributed by atoms with Crippen LogP contribution < -0.4 is 0 Å². The van der Waals surface area contributed by atoms with Crippen LogP contribution in [0.25, 0.3) is 66.9 Å². The van der Waals surface area contributed by atoms with Crippen LogP contribution in [0.1, 0.15) is 33.5 Å². The Morgan fingerprint density at radius 3 is 1.16 bits per heavy atom. The van der Waals surface area contributed by atoms with Gasteiger partial charge in [0.2, 0.25) is 0 Å². The predicted molar refractivity (Wildman–Crippen MR) is 284 cm³/mol. The van der Waals surface area contributed by atoms with Crippen molar-refractivity contribution in [2.45, 2.75) is 13.8 Å². The van der Waals surface area contributed by atoms with Gasteiger partial charge in [-0.1, -0.05) is 260 Å². The van der Waals surface area contributed by atoms with Crippen molar-refractivity contribution in [3.05, 3.63) is 300 Å². The fourth-order valence-corrected chi connectivity index (χ4v) is 8.66. The first-order chi connectivity index (χ1) is 33.0. The number of hydrogen-bond donors (Lipinski definition) is 1. The first-order valence-corrected chi connectivity index (χ1v) is 22.9. The van der Waals surface area contributed by atoms with Crippen LogP contribution in [-0.2, 0) is 0 Å². The van der Waals surface area contributed by atoms with E-state index in [4.69, 9.17) is 4.99 Å². The van der Waals surface area contributed by atoms with Crippen LogP contribution in [0.5, 0.6) is 0 Å². The monoisotopic (exact) mass is 858 g/mol. The molecule has 0 saturated heterocycles. The summed E-state index contributed by atoms with van der Waals surface area (Å²) < 4.78 is 0. The third-order valence-corrected chi connectivity index (χ3v) is 12.3. The zero-order valence-corrected chi connectivity index (χ0v) is 37.8. The molecule has 2 heteroatoms. The lowest BCUT2D eigenvalue weighted by molar-refractivity contribution is 1.31. The number of allylic oxidation sites excluding steroid dienone is 2. The second-order valence-electron chi connectivity index (χ2n) is 17.0. The Morgan fingerprint density at radius 2 is 0.701 bits per heavy atom. The zero-order valence-electron chi connectivity index (χ0n) is 37.8. The predicted octanol–water partition coefficient (Wildman–Crippen LogP) is 17.0. The summed E-state index contributed by atoms with van der Waals surface area (Å²) >= 11 is 0. The molecule has 0 bridgehead atoms. The average molecular weight is 859 g/mol. The van der Waals surface area contributed by atoms with Crippen LogP contribution in [0.15, 0.2) is 272 Å². The average Bonchev–Trinajstić information content (AvgIpc) is 4.05. The molecular formula is C65H50N2. The van der Waals surface area contributed by atoms with E-state index < -0.39 is 0 Å². The minimum Gasteiger partial charge on any atom is -0.354 e. The van der Waals surface area contributed by atoms with Crippen LogP contribution in [-0.4, -0.2) is 10.7 Å². The molecule has 0 amide bonds. The molecule has 9 aromatic carbocycles. The van der Waals surface area contributed by atoms with E-state index >= 15 is 0 Å². The summed E-state index contributed by atoms with van der Waals surface area (Å²) in [4.78, 5) is 9.62. The van der Waals surface area contributed by atoms with Gasteiger partial charge in [0, 0.05) is 28.0 Å². The van der Waals surface area contributed by atoms with Gasteiger partial charge in [-0.05, 0) is 81.6 Å². The Hall–Kier alpha value is -8.59. The maximum atomic E-state index is 5.64. The quantitative estimate of drug-likeness (QED) is 0.150. The highest BCUT2D eigenvalue weighted by Gasteiger charge is 2.27. The number of aromatic nitrogens is 1. The number of nitrogens with zero attached hydrogens (tertiary/aromatic N) is 1. The summed E-state index contributed by atoms with van der Waals surface area (Å²) in [6, 6.07) is 90.4. The number of aromatic amines is 1. The molecule has 0 fully saturated rings. The Labute approximate surface area is 394 Å². The van der Waals surface area contributed by atoms with Crippen molar-refractivity contribution in [3.63, 3.8) is 0 Å². The normalized spacial score (nSPS) is 12.7. The Morgan fingerprint density at radius 1 is 0.343 bits per heavy atom. The van der Waals surface area contributed by atoms with Crippen molar-refractivity contribution in [1.29, 1.82) is 0 Å². The molecule has 11 rings (SSSR count). The van der Waals surface area contributed by atoms with E-state index in [0.29, 0.717) is 0 Å². The Balaban J connectivity index is 0.000000813. The minimum absolute atomic E-state index is 0.929. The molecule has 320 valence electrons. The number of benzene rings is 9. The fourth-order valence-electron chi connectivity index (χ4n) is 8.66. The number of aliphatic imine (C=N–C) groups is 1.